The van der Waals surface area contributed by atoms with Crippen molar-refractivity contribution in [2.24, 2.45) is 10.7 Å². The van der Waals surface area contributed by atoms with Crippen LogP contribution in [0.5, 0.6) is 0 Å². The van der Waals surface area contributed by atoms with E-state index in [4.69, 9.17) is 17.3 Å². The molecule has 0 aliphatic carbocycles. The Morgan fingerprint density at radius 2 is 2.11 bits per heavy atom. The standard InChI is InChI=1S/C19H18ClFN4O2S/c1-18(10-26)9-19(2,25-17(22)28-18)13-7-12(4-5-14(13)21)24-16(27)15-6-3-11(20)8-23-15/h3-8,10H,9H2,1-2H3,(H2,22,25)(H,24,27)/t18-,19+/m1/s1. The average molecular weight is 421 g/mol. The molecule has 1 aliphatic rings. The summed E-state index contributed by atoms with van der Waals surface area (Å²) in [5.41, 5.74) is 5.64. The third-order valence-electron chi connectivity index (χ3n) is 4.40. The molecule has 3 rings (SSSR count). The van der Waals surface area contributed by atoms with Crippen LogP contribution in [0, 0.1) is 5.82 Å². The van der Waals surface area contributed by atoms with Gasteiger partial charge in [0, 0.05) is 17.4 Å². The van der Waals surface area contributed by atoms with Gasteiger partial charge in [-0.05, 0) is 50.6 Å². The summed E-state index contributed by atoms with van der Waals surface area (Å²) in [6.07, 6.45) is 2.43. The van der Waals surface area contributed by atoms with Crippen molar-refractivity contribution in [1.82, 2.24) is 4.98 Å². The van der Waals surface area contributed by atoms with E-state index in [-0.39, 0.29) is 22.8 Å². The first-order chi connectivity index (χ1) is 13.1. The van der Waals surface area contributed by atoms with Crippen molar-refractivity contribution in [1.29, 1.82) is 0 Å². The van der Waals surface area contributed by atoms with Crippen LogP contribution in [0.25, 0.3) is 0 Å². The van der Waals surface area contributed by atoms with Crippen molar-refractivity contribution in [3.63, 3.8) is 0 Å². The van der Waals surface area contributed by atoms with Crippen LogP contribution in [0.15, 0.2) is 41.5 Å². The third kappa shape index (κ3) is 4.18. The lowest BCUT2D eigenvalue weighted by atomic mass is 9.83. The van der Waals surface area contributed by atoms with E-state index in [9.17, 15) is 14.0 Å². The fourth-order valence-corrected chi connectivity index (χ4v) is 4.44. The van der Waals surface area contributed by atoms with Crippen molar-refractivity contribution in [3.8, 4) is 0 Å². The number of anilines is 1. The Bertz CT molecular complexity index is 969. The van der Waals surface area contributed by atoms with Gasteiger partial charge in [0.25, 0.3) is 5.91 Å². The van der Waals surface area contributed by atoms with Gasteiger partial charge in [-0.3, -0.25) is 9.79 Å². The van der Waals surface area contributed by atoms with E-state index in [1.807, 2.05) is 0 Å². The first kappa shape index (κ1) is 20.3. The number of amidine groups is 1. The van der Waals surface area contributed by atoms with E-state index in [0.29, 0.717) is 10.7 Å². The highest BCUT2D eigenvalue weighted by Gasteiger charge is 2.43. The van der Waals surface area contributed by atoms with Gasteiger partial charge in [-0.25, -0.2) is 9.37 Å². The minimum absolute atomic E-state index is 0.173. The molecule has 1 aromatic heterocycles. The quantitative estimate of drug-likeness (QED) is 0.734. The molecule has 2 aromatic rings. The third-order valence-corrected chi connectivity index (χ3v) is 5.63. The zero-order chi connectivity index (χ0) is 20.5. The van der Waals surface area contributed by atoms with E-state index < -0.39 is 22.0 Å². The van der Waals surface area contributed by atoms with E-state index in [1.54, 1.807) is 19.9 Å². The molecule has 1 aliphatic heterocycles. The highest BCUT2D eigenvalue weighted by Crippen LogP contribution is 2.45. The molecular weight excluding hydrogens is 403 g/mol. The topological polar surface area (TPSA) is 97.4 Å². The summed E-state index contributed by atoms with van der Waals surface area (Å²) >= 11 is 6.93. The molecule has 0 saturated carbocycles. The summed E-state index contributed by atoms with van der Waals surface area (Å²) in [4.78, 5) is 32.3. The first-order valence-electron chi connectivity index (χ1n) is 8.38. The highest BCUT2D eigenvalue weighted by molar-refractivity contribution is 8.15. The Kier molecular flexibility index (Phi) is 5.45. The lowest BCUT2D eigenvalue weighted by molar-refractivity contribution is -0.110. The molecule has 2 atom stereocenters. The number of aldehydes is 1. The predicted octanol–water partition coefficient (Wildman–Crippen LogP) is 3.75. The molecule has 0 radical (unpaired) electrons. The summed E-state index contributed by atoms with van der Waals surface area (Å²) < 4.78 is 13.8. The summed E-state index contributed by atoms with van der Waals surface area (Å²) in [6.45, 7) is 3.45. The number of aromatic nitrogens is 1. The summed E-state index contributed by atoms with van der Waals surface area (Å²) in [6, 6.07) is 7.23. The number of nitrogens with one attached hydrogen (secondary N) is 1. The van der Waals surface area contributed by atoms with Crippen LogP contribution < -0.4 is 11.1 Å². The van der Waals surface area contributed by atoms with Gasteiger partial charge in [0.1, 0.15) is 17.8 Å². The van der Waals surface area contributed by atoms with Crippen LogP contribution in [0.4, 0.5) is 10.1 Å². The van der Waals surface area contributed by atoms with E-state index in [0.717, 1.165) is 18.0 Å². The molecule has 6 nitrogen and oxygen atoms in total. The van der Waals surface area contributed by atoms with Crippen LogP contribution in [-0.4, -0.2) is 27.1 Å². The molecule has 0 spiro atoms. The number of pyridine rings is 1. The molecule has 0 fully saturated rings. The second-order valence-corrected chi connectivity index (χ2v) is 8.94. The highest BCUT2D eigenvalue weighted by atomic mass is 35.5. The maximum absolute atomic E-state index is 14.6. The average Bonchev–Trinajstić information content (AvgIpc) is 2.62. The van der Waals surface area contributed by atoms with Crippen molar-refractivity contribution in [2.45, 2.75) is 30.6 Å². The number of rotatable bonds is 4. The Hall–Kier alpha value is -2.45. The van der Waals surface area contributed by atoms with Gasteiger partial charge in [-0.2, -0.15) is 0 Å². The molecule has 146 valence electrons. The lowest BCUT2D eigenvalue weighted by Crippen LogP contribution is -2.41. The molecular formula is C19H18ClFN4O2S. The van der Waals surface area contributed by atoms with Gasteiger partial charge < -0.3 is 15.8 Å². The lowest BCUT2D eigenvalue weighted by Gasteiger charge is -2.38. The molecule has 3 N–H and O–H groups in total. The van der Waals surface area contributed by atoms with Gasteiger partial charge in [-0.1, -0.05) is 23.4 Å². The first-order valence-corrected chi connectivity index (χ1v) is 9.57. The minimum Gasteiger partial charge on any atom is -0.378 e. The van der Waals surface area contributed by atoms with Crippen molar-refractivity contribution in [3.05, 3.63) is 58.6 Å². The van der Waals surface area contributed by atoms with E-state index in [1.165, 1.54) is 30.5 Å². The second-order valence-electron chi connectivity index (χ2n) is 6.94. The van der Waals surface area contributed by atoms with Gasteiger partial charge in [0.05, 0.1) is 15.3 Å². The number of nitrogens with two attached hydrogens (primary N) is 1. The Balaban J connectivity index is 1.93. The van der Waals surface area contributed by atoms with E-state index >= 15 is 0 Å². The monoisotopic (exact) mass is 420 g/mol. The number of aliphatic imine (C=N–C) groups is 1. The Morgan fingerprint density at radius 3 is 2.75 bits per heavy atom. The molecule has 2 heterocycles. The molecule has 0 unspecified atom stereocenters. The normalized spacial score (nSPS) is 24.4. The van der Waals surface area contributed by atoms with Gasteiger partial charge in [0.15, 0.2) is 5.17 Å². The smallest absolute Gasteiger partial charge is 0.274 e. The zero-order valence-electron chi connectivity index (χ0n) is 15.2. The number of amides is 1. The second kappa shape index (κ2) is 7.52. The molecule has 1 amide bonds. The summed E-state index contributed by atoms with van der Waals surface area (Å²) in [5, 5.41) is 3.31. The van der Waals surface area contributed by atoms with Gasteiger partial charge >= 0.3 is 0 Å². The van der Waals surface area contributed by atoms with Crippen molar-refractivity contribution < 1.29 is 14.0 Å². The largest absolute Gasteiger partial charge is 0.378 e. The zero-order valence-corrected chi connectivity index (χ0v) is 16.8. The van der Waals surface area contributed by atoms with Crippen LogP contribution >= 0.6 is 23.4 Å². The maximum Gasteiger partial charge on any atom is 0.274 e. The maximum atomic E-state index is 14.6. The number of carbonyl (C=O) groups is 2. The Morgan fingerprint density at radius 1 is 1.36 bits per heavy atom. The number of benzene rings is 1. The number of nitrogens with zero attached hydrogens (tertiary/aromatic N) is 2. The minimum atomic E-state index is -1.05. The van der Waals surface area contributed by atoms with Crippen LogP contribution in [0.3, 0.4) is 0 Å². The SMILES string of the molecule is C[C@]1(C=O)C[C@@](C)(c2cc(NC(=O)c3ccc(Cl)cn3)ccc2F)N=C(N)S1. The number of hydrogen-bond acceptors (Lipinski definition) is 6. The Labute approximate surface area is 170 Å². The molecule has 0 saturated heterocycles. The van der Waals surface area contributed by atoms with Gasteiger partial charge in [-0.15, -0.1) is 0 Å². The van der Waals surface area contributed by atoms with Crippen molar-refractivity contribution in [2.75, 3.05) is 5.32 Å². The van der Waals surface area contributed by atoms with E-state index in [2.05, 4.69) is 15.3 Å². The molecule has 1 aromatic carbocycles. The van der Waals surface area contributed by atoms with Crippen molar-refractivity contribution >= 4 is 46.4 Å². The van der Waals surface area contributed by atoms with Crippen LogP contribution in [-0.2, 0) is 10.3 Å². The fraction of sp³-hybridized carbons (Fsp3) is 0.263. The molecule has 0 bridgehead atoms. The molecule has 9 heteroatoms. The van der Waals surface area contributed by atoms with Crippen LogP contribution in [0.2, 0.25) is 5.02 Å². The number of halogens is 2. The summed E-state index contributed by atoms with van der Waals surface area (Å²) in [7, 11) is 0. The molecule has 28 heavy (non-hydrogen) atoms. The fourth-order valence-electron chi connectivity index (χ4n) is 3.21. The predicted molar refractivity (Wildman–Crippen MR) is 109 cm³/mol. The number of carbonyl (C=O) groups excluding carboxylic acids is 2. The number of hydrogen-bond donors (Lipinski definition) is 2. The number of thioether (sulfide) groups is 1. The van der Waals surface area contributed by atoms with Crippen LogP contribution in [0.1, 0.15) is 36.3 Å². The van der Waals surface area contributed by atoms with Gasteiger partial charge in [0.2, 0.25) is 0 Å². The summed E-state index contributed by atoms with van der Waals surface area (Å²) in [5.74, 6) is -0.957.